The van der Waals surface area contributed by atoms with Crippen LogP contribution in [0.25, 0.3) is 0 Å². The van der Waals surface area contributed by atoms with Gasteiger partial charge in [-0.3, -0.25) is 14.7 Å². The second-order valence-electron chi connectivity index (χ2n) is 5.28. The molecule has 1 unspecified atom stereocenters. The summed E-state index contributed by atoms with van der Waals surface area (Å²) >= 11 is 0. The number of aromatic nitrogens is 1. The van der Waals surface area contributed by atoms with Gasteiger partial charge in [0.2, 0.25) is 0 Å². The van der Waals surface area contributed by atoms with Gasteiger partial charge in [-0.1, -0.05) is 18.2 Å². The van der Waals surface area contributed by atoms with E-state index in [4.69, 9.17) is 0 Å². The quantitative estimate of drug-likeness (QED) is 0.638. The minimum Gasteiger partial charge on any atom is -0.301 e. The van der Waals surface area contributed by atoms with Crippen LogP contribution in [0.15, 0.2) is 42.6 Å². The van der Waals surface area contributed by atoms with Crippen LogP contribution in [-0.4, -0.2) is 22.0 Å². The molecule has 21 heavy (non-hydrogen) atoms. The zero-order chi connectivity index (χ0) is 14.8. The lowest BCUT2D eigenvalue weighted by Crippen LogP contribution is -2.23. The third-order valence-electron chi connectivity index (χ3n) is 3.86. The predicted molar refractivity (Wildman–Crippen MR) is 78.7 cm³/mol. The Hall–Kier alpha value is -2.33. The number of rotatable bonds is 4. The molecule has 1 atom stereocenters. The van der Waals surface area contributed by atoms with Gasteiger partial charge < -0.3 is 4.79 Å². The molecule has 0 saturated heterocycles. The van der Waals surface area contributed by atoms with E-state index < -0.39 is 0 Å². The highest BCUT2D eigenvalue weighted by atomic mass is 16.1. The van der Waals surface area contributed by atoms with Crippen molar-refractivity contribution in [2.45, 2.75) is 26.1 Å². The van der Waals surface area contributed by atoms with Crippen LogP contribution in [0.2, 0.25) is 0 Å². The van der Waals surface area contributed by atoms with Gasteiger partial charge in [0, 0.05) is 24.8 Å². The molecule has 1 aromatic heterocycles. The Balaban J connectivity index is 1.88. The van der Waals surface area contributed by atoms with Crippen molar-refractivity contribution in [3.8, 4) is 0 Å². The van der Waals surface area contributed by atoms with Crippen molar-refractivity contribution in [2.24, 2.45) is 0 Å². The van der Waals surface area contributed by atoms with E-state index in [1.165, 1.54) is 0 Å². The lowest BCUT2D eigenvalue weighted by molar-refractivity contribution is -0.112. The fourth-order valence-corrected chi connectivity index (χ4v) is 2.78. The molecule has 0 aliphatic carbocycles. The first-order valence-electron chi connectivity index (χ1n) is 6.92. The smallest absolute Gasteiger partial charge is 0.159 e. The molecular weight excluding hydrogens is 264 g/mol. The Morgan fingerprint density at radius 1 is 1.38 bits per heavy atom. The Labute approximate surface area is 123 Å². The number of aldehydes is 1. The zero-order valence-corrected chi connectivity index (χ0v) is 11.8. The molecule has 106 valence electrons. The van der Waals surface area contributed by atoms with Gasteiger partial charge in [-0.25, -0.2) is 0 Å². The molecule has 0 N–H and O–H groups in total. The van der Waals surface area contributed by atoms with E-state index in [9.17, 15) is 9.59 Å². The van der Waals surface area contributed by atoms with Crippen molar-refractivity contribution in [2.75, 3.05) is 0 Å². The van der Waals surface area contributed by atoms with E-state index in [0.29, 0.717) is 18.7 Å². The normalized spacial score (nSPS) is 17.5. The lowest BCUT2D eigenvalue weighted by atomic mass is 10.0. The Morgan fingerprint density at radius 3 is 2.90 bits per heavy atom. The standard InChI is InChI=1S/C17H16N2O2/c1-12(21)13-5-6-16-14(8-13)9-19(17(16)11-20)10-15-4-2-3-7-18-15/h2-8,11,17H,9-10H2,1H3. The predicted octanol–water partition coefficient (Wildman–Crippen LogP) is 2.54. The molecule has 2 heterocycles. The number of pyridine rings is 1. The Bertz CT molecular complexity index is 682. The van der Waals surface area contributed by atoms with E-state index in [0.717, 1.165) is 23.1 Å². The maximum Gasteiger partial charge on any atom is 0.159 e. The second-order valence-corrected chi connectivity index (χ2v) is 5.28. The van der Waals surface area contributed by atoms with Gasteiger partial charge >= 0.3 is 0 Å². The van der Waals surface area contributed by atoms with E-state index in [1.54, 1.807) is 19.2 Å². The summed E-state index contributed by atoms with van der Waals surface area (Å²) in [5.74, 6) is 0.0450. The van der Waals surface area contributed by atoms with Crippen LogP contribution >= 0.6 is 0 Å². The van der Waals surface area contributed by atoms with Crippen molar-refractivity contribution in [1.29, 1.82) is 0 Å². The first-order chi connectivity index (χ1) is 10.2. The molecular formula is C17H16N2O2. The van der Waals surface area contributed by atoms with Crippen molar-refractivity contribution < 1.29 is 9.59 Å². The maximum atomic E-state index is 11.5. The maximum absolute atomic E-state index is 11.5. The number of carbonyl (C=O) groups is 2. The minimum absolute atomic E-state index is 0.0450. The van der Waals surface area contributed by atoms with Gasteiger partial charge in [0.1, 0.15) is 6.29 Å². The summed E-state index contributed by atoms with van der Waals surface area (Å²) in [5.41, 5.74) is 3.67. The van der Waals surface area contributed by atoms with Crippen LogP contribution in [-0.2, 0) is 17.9 Å². The number of hydrogen-bond acceptors (Lipinski definition) is 4. The summed E-state index contributed by atoms with van der Waals surface area (Å²) in [6.45, 7) is 2.84. The molecule has 4 nitrogen and oxygen atoms in total. The fourth-order valence-electron chi connectivity index (χ4n) is 2.78. The largest absolute Gasteiger partial charge is 0.301 e. The molecule has 2 aromatic rings. The average molecular weight is 280 g/mol. The summed E-state index contributed by atoms with van der Waals surface area (Å²) in [6, 6.07) is 11.1. The number of ketones is 1. The van der Waals surface area contributed by atoms with Crippen molar-refractivity contribution in [3.05, 3.63) is 65.0 Å². The van der Waals surface area contributed by atoms with Gasteiger partial charge in [0.15, 0.2) is 5.78 Å². The van der Waals surface area contributed by atoms with Crippen molar-refractivity contribution in [3.63, 3.8) is 0 Å². The van der Waals surface area contributed by atoms with Crippen LogP contribution in [0.3, 0.4) is 0 Å². The third kappa shape index (κ3) is 2.62. The molecule has 0 fully saturated rings. The van der Waals surface area contributed by atoms with Gasteiger partial charge in [0.25, 0.3) is 0 Å². The van der Waals surface area contributed by atoms with E-state index in [-0.39, 0.29) is 11.8 Å². The lowest BCUT2D eigenvalue weighted by Gasteiger charge is -2.19. The Morgan fingerprint density at radius 2 is 2.24 bits per heavy atom. The fraction of sp³-hybridized carbons (Fsp3) is 0.235. The Kier molecular flexibility index (Phi) is 3.62. The molecule has 0 spiro atoms. The highest BCUT2D eigenvalue weighted by Crippen LogP contribution is 2.33. The minimum atomic E-state index is -0.261. The summed E-state index contributed by atoms with van der Waals surface area (Å²) in [7, 11) is 0. The first-order valence-corrected chi connectivity index (χ1v) is 6.92. The number of benzene rings is 1. The monoisotopic (exact) mass is 280 g/mol. The van der Waals surface area contributed by atoms with Crippen LogP contribution in [0.1, 0.15) is 40.1 Å². The van der Waals surface area contributed by atoms with Gasteiger partial charge in [-0.05, 0) is 36.2 Å². The van der Waals surface area contributed by atoms with E-state index in [1.807, 2.05) is 30.3 Å². The van der Waals surface area contributed by atoms with E-state index in [2.05, 4.69) is 9.88 Å². The summed E-state index contributed by atoms with van der Waals surface area (Å²) < 4.78 is 0. The van der Waals surface area contributed by atoms with Gasteiger partial charge in [-0.15, -0.1) is 0 Å². The molecule has 0 bridgehead atoms. The highest BCUT2D eigenvalue weighted by Gasteiger charge is 2.30. The van der Waals surface area contributed by atoms with Gasteiger partial charge in [-0.2, -0.15) is 0 Å². The number of carbonyl (C=O) groups excluding carboxylic acids is 2. The van der Waals surface area contributed by atoms with Crippen LogP contribution < -0.4 is 0 Å². The molecule has 3 rings (SSSR count). The molecule has 1 aromatic carbocycles. The van der Waals surface area contributed by atoms with Crippen LogP contribution in [0.5, 0.6) is 0 Å². The summed E-state index contributed by atoms with van der Waals surface area (Å²) in [6.07, 6.45) is 2.71. The van der Waals surface area contributed by atoms with E-state index >= 15 is 0 Å². The highest BCUT2D eigenvalue weighted by molar-refractivity contribution is 5.94. The van der Waals surface area contributed by atoms with Crippen molar-refractivity contribution in [1.82, 2.24) is 9.88 Å². The number of fused-ring (bicyclic) bond motifs is 1. The molecule has 1 aliphatic heterocycles. The molecule has 4 heteroatoms. The molecule has 1 aliphatic rings. The number of Topliss-reactive ketones (excluding diaryl/α,β-unsaturated/α-hetero) is 1. The second kappa shape index (κ2) is 5.58. The third-order valence-corrected chi connectivity index (χ3v) is 3.86. The molecule has 0 amide bonds. The zero-order valence-electron chi connectivity index (χ0n) is 11.8. The first kappa shape index (κ1) is 13.6. The SMILES string of the molecule is CC(=O)c1ccc2c(c1)CN(Cc1ccccn1)C2C=O. The molecule has 0 radical (unpaired) electrons. The van der Waals surface area contributed by atoms with Crippen molar-refractivity contribution >= 4 is 12.1 Å². The summed E-state index contributed by atoms with van der Waals surface area (Å²) in [4.78, 5) is 29.3. The van der Waals surface area contributed by atoms with Crippen LogP contribution in [0.4, 0.5) is 0 Å². The van der Waals surface area contributed by atoms with Crippen LogP contribution in [0, 0.1) is 0 Å². The number of nitrogens with zero attached hydrogens (tertiary/aromatic N) is 2. The number of hydrogen-bond donors (Lipinski definition) is 0. The molecule has 0 saturated carbocycles. The average Bonchev–Trinajstić information content (AvgIpc) is 2.84. The summed E-state index contributed by atoms with van der Waals surface area (Å²) in [5, 5.41) is 0. The van der Waals surface area contributed by atoms with Gasteiger partial charge in [0.05, 0.1) is 11.7 Å². The topological polar surface area (TPSA) is 50.3 Å².